The van der Waals surface area contributed by atoms with Crippen LogP contribution in [-0.2, 0) is 13.0 Å². The van der Waals surface area contributed by atoms with Gasteiger partial charge in [0.25, 0.3) is 0 Å². The Bertz CT molecular complexity index is 645. The smallest absolute Gasteiger partial charge is 0.191 e. The summed E-state index contributed by atoms with van der Waals surface area (Å²) in [6.07, 6.45) is 2.04. The summed E-state index contributed by atoms with van der Waals surface area (Å²) < 4.78 is 0. The van der Waals surface area contributed by atoms with Crippen LogP contribution in [0.15, 0.2) is 34.6 Å². The van der Waals surface area contributed by atoms with Crippen LogP contribution in [0.1, 0.15) is 29.6 Å². The molecule has 2 aromatic rings. The van der Waals surface area contributed by atoms with Crippen LogP contribution in [0, 0.1) is 6.92 Å². The van der Waals surface area contributed by atoms with Crippen molar-refractivity contribution in [3.05, 3.63) is 50.9 Å². The van der Waals surface area contributed by atoms with Gasteiger partial charge in [0.05, 0.1) is 11.6 Å². The molecule has 7 heteroatoms. The van der Waals surface area contributed by atoms with Crippen molar-refractivity contribution in [1.82, 2.24) is 15.6 Å². The van der Waals surface area contributed by atoms with Crippen molar-refractivity contribution in [2.75, 3.05) is 13.1 Å². The summed E-state index contributed by atoms with van der Waals surface area (Å²) in [5.74, 6) is 0.836. The number of guanidine groups is 1. The van der Waals surface area contributed by atoms with Crippen LogP contribution in [0.4, 0.5) is 0 Å². The first-order valence-electron chi connectivity index (χ1n) is 7.85. The lowest BCUT2D eigenvalue weighted by Gasteiger charge is -2.11. The maximum absolute atomic E-state index is 6.00. The number of rotatable bonds is 7. The maximum atomic E-state index is 6.00. The highest BCUT2D eigenvalue weighted by Gasteiger charge is 2.01. The van der Waals surface area contributed by atoms with Crippen molar-refractivity contribution in [3.8, 4) is 0 Å². The van der Waals surface area contributed by atoms with Gasteiger partial charge in [0, 0.05) is 35.6 Å². The Labute approximate surface area is 170 Å². The van der Waals surface area contributed by atoms with Gasteiger partial charge in [0.2, 0.25) is 0 Å². The van der Waals surface area contributed by atoms with E-state index in [1.54, 1.807) is 11.3 Å². The fraction of sp³-hybridized carbons (Fsp3) is 0.412. The monoisotopic (exact) mass is 478 g/mol. The fourth-order valence-electron chi connectivity index (χ4n) is 2.11. The zero-order valence-corrected chi connectivity index (χ0v) is 17.9. The molecule has 4 nitrogen and oxygen atoms in total. The normalized spacial score (nSPS) is 11.0. The molecule has 0 bridgehead atoms. The minimum Gasteiger partial charge on any atom is -0.357 e. The quantitative estimate of drug-likeness (QED) is 0.268. The third kappa shape index (κ3) is 7.81. The van der Waals surface area contributed by atoms with Gasteiger partial charge in [-0.25, -0.2) is 9.98 Å². The summed E-state index contributed by atoms with van der Waals surface area (Å²) in [6.45, 7) is 6.42. The van der Waals surface area contributed by atoms with Crippen LogP contribution < -0.4 is 10.6 Å². The Kier molecular flexibility index (Phi) is 10.3. The van der Waals surface area contributed by atoms with Gasteiger partial charge in [0.1, 0.15) is 0 Å². The molecule has 0 amide bonds. The summed E-state index contributed by atoms with van der Waals surface area (Å²) in [5.41, 5.74) is 2.21. The standard InChI is InChI=1S/C17H23ClN4S.HI/c1-3-19-17(21-11-14-6-4-7-15(18)10-14)20-9-5-8-16-22-13(2)12-23-16;/h4,6-7,10,12H,3,5,8-9,11H2,1-2H3,(H2,19,20,21);1H. The number of nitrogens with zero attached hydrogens (tertiary/aromatic N) is 2. The first kappa shape index (κ1) is 21.2. The maximum Gasteiger partial charge on any atom is 0.191 e. The highest BCUT2D eigenvalue weighted by Crippen LogP contribution is 2.11. The van der Waals surface area contributed by atoms with E-state index in [-0.39, 0.29) is 24.0 Å². The second-order valence-corrected chi connectivity index (χ2v) is 6.62. The number of benzene rings is 1. The van der Waals surface area contributed by atoms with E-state index in [0.717, 1.165) is 48.2 Å². The molecule has 1 heterocycles. The molecule has 0 fully saturated rings. The van der Waals surface area contributed by atoms with E-state index in [9.17, 15) is 0 Å². The van der Waals surface area contributed by atoms with Gasteiger partial charge >= 0.3 is 0 Å². The number of hydrogen-bond donors (Lipinski definition) is 2. The average Bonchev–Trinajstić information content (AvgIpc) is 2.94. The number of thiazole rings is 1. The van der Waals surface area contributed by atoms with E-state index in [0.29, 0.717) is 6.54 Å². The number of aliphatic imine (C=N–C) groups is 1. The number of aryl methyl sites for hydroxylation is 2. The molecule has 132 valence electrons. The molecule has 0 unspecified atom stereocenters. The van der Waals surface area contributed by atoms with E-state index in [1.807, 2.05) is 31.2 Å². The van der Waals surface area contributed by atoms with Crippen molar-refractivity contribution >= 4 is 52.9 Å². The average molecular weight is 479 g/mol. The van der Waals surface area contributed by atoms with Crippen molar-refractivity contribution < 1.29 is 0 Å². The van der Waals surface area contributed by atoms with Gasteiger partial charge in [-0.3, -0.25) is 0 Å². The molecule has 0 saturated heterocycles. The SMILES string of the molecule is CCNC(=NCc1cccc(Cl)c1)NCCCc1nc(C)cs1.I. The summed E-state index contributed by atoms with van der Waals surface area (Å²) in [7, 11) is 0. The number of aromatic nitrogens is 1. The van der Waals surface area contributed by atoms with Gasteiger partial charge in [-0.1, -0.05) is 23.7 Å². The first-order chi connectivity index (χ1) is 11.2. The molecule has 0 aliphatic rings. The molecule has 24 heavy (non-hydrogen) atoms. The van der Waals surface area contributed by atoms with Crippen molar-refractivity contribution in [2.45, 2.75) is 33.2 Å². The minimum atomic E-state index is 0. The van der Waals surface area contributed by atoms with Gasteiger partial charge in [-0.05, 0) is 38.0 Å². The molecule has 2 N–H and O–H groups in total. The van der Waals surface area contributed by atoms with Crippen molar-refractivity contribution in [3.63, 3.8) is 0 Å². The molecule has 0 atom stereocenters. The summed E-state index contributed by atoms with van der Waals surface area (Å²) in [5, 5.41) is 10.7. The minimum absolute atomic E-state index is 0. The second kappa shape index (κ2) is 11.7. The summed E-state index contributed by atoms with van der Waals surface area (Å²) in [6, 6.07) is 7.80. The number of hydrogen-bond acceptors (Lipinski definition) is 3. The molecule has 0 saturated carbocycles. The molecule has 1 aromatic carbocycles. The van der Waals surface area contributed by atoms with Crippen LogP contribution in [0.3, 0.4) is 0 Å². The molecular formula is C17H24ClIN4S. The van der Waals surface area contributed by atoms with Crippen LogP contribution in [-0.4, -0.2) is 24.0 Å². The van der Waals surface area contributed by atoms with Crippen molar-refractivity contribution in [1.29, 1.82) is 0 Å². The van der Waals surface area contributed by atoms with Gasteiger partial charge in [0.15, 0.2) is 5.96 Å². The highest BCUT2D eigenvalue weighted by atomic mass is 127. The van der Waals surface area contributed by atoms with E-state index in [1.165, 1.54) is 5.01 Å². The molecular weight excluding hydrogens is 455 g/mol. The van der Waals surface area contributed by atoms with Gasteiger partial charge < -0.3 is 10.6 Å². The Balaban J connectivity index is 0.00000288. The Morgan fingerprint density at radius 1 is 1.33 bits per heavy atom. The Morgan fingerprint density at radius 2 is 2.17 bits per heavy atom. The van der Waals surface area contributed by atoms with Crippen LogP contribution >= 0.6 is 46.9 Å². The third-order valence-corrected chi connectivity index (χ3v) is 4.44. The summed E-state index contributed by atoms with van der Waals surface area (Å²) in [4.78, 5) is 9.08. The predicted molar refractivity (Wildman–Crippen MR) is 115 cm³/mol. The topological polar surface area (TPSA) is 49.3 Å². The molecule has 1 aromatic heterocycles. The molecule has 0 radical (unpaired) electrons. The highest BCUT2D eigenvalue weighted by molar-refractivity contribution is 14.0. The van der Waals surface area contributed by atoms with E-state index in [2.05, 4.69) is 32.9 Å². The molecule has 0 aliphatic carbocycles. The first-order valence-corrected chi connectivity index (χ1v) is 9.10. The Hall–Kier alpha value is -0.860. The fourth-order valence-corrected chi connectivity index (χ4v) is 3.14. The number of halogens is 2. The lowest BCUT2D eigenvalue weighted by Crippen LogP contribution is -2.37. The molecule has 0 spiro atoms. The van der Waals surface area contributed by atoms with Gasteiger partial charge in [-0.15, -0.1) is 35.3 Å². The van der Waals surface area contributed by atoms with Gasteiger partial charge in [-0.2, -0.15) is 0 Å². The van der Waals surface area contributed by atoms with Crippen LogP contribution in [0.2, 0.25) is 5.02 Å². The van der Waals surface area contributed by atoms with Crippen molar-refractivity contribution in [2.24, 2.45) is 4.99 Å². The van der Waals surface area contributed by atoms with Crippen LogP contribution in [0.5, 0.6) is 0 Å². The number of nitrogens with one attached hydrogen (secondary N) is 2. The summed E-state index contributed by atoms with van der Waals surface area (Å²) >= 11 is 7.73. The van der Waals surface area contributed by atoms with E-state index in [4.69, 9.17) is 11.6 Å². The third-order valence-electron chi connectivity index (χ3n) is 3.18. The lowest BCUT2D eigenvalue weighted by molar-refractivity contribution is 0.740. The Morgan fingerprint density at radius 3 is 2.83 bits per heavy atom. The largest absolute Gasteiger partial charge is 0.357 e. The molecule has 0 aliphatic heterocycles. The predicted octanol–water partition coefficient (Wildman–Crippen LogP) is 4.41. The van der Waals surface area contributed by atoms with E-state index < -0.39 is 0 Å². The molecule has 2 rings (SSSR count). The van der Waals surface area contributed by atoms with E-state index >= 15 is 0 Å². The lowest BCUT2D eigenvalue weighted by atomic mass is 10.2. The zero-order chi connectivity index (χ0) is 16.5. The zero-order valence-electron chi connectivity index (χ0n) is 14.0. The second-order valence-electron chi connectivity index (χ2n) is 5.24. The van der Waals surface area contributed by atoms with Crippen LogP contribution in [0.25, 0.3) is 0 Å².